The first kappa shape index (κ1) is 15.3. The lowest BCUT2D eigenvalue weighted by Crippen LogP contribution is -2.17. The van der Waals surface area contributed by atoms with Crippen LogP contribution < -0.4 is 4.74 Å². The summed E-state index contributed by atoms with van der Waals surface area (Å²) in [4.78, 5) is 10.3. The fourth-order valence-corrected chi connectivity index (χ4v) is 2.15. The van der Waals surface area contributed by atoms with E-state index >= 15 is 0 Å². The van der Waals surface area contributed by atoms with Crippen LogP contribution >= 0.6 is 15.9 Å². The van der Waals surface area contributed by atoms with E-state index in [1.54, 1.807) is 0 Å². The van der Waals surface area contributed by atoms with E-state index in [1.807, 2.05) is 0 Å². The second kappa shape index (κ2) is 5.72. The molecule has 4 nitrogen and oxygen atoms in total. The van der Waals surface area contributed by atoms with E-state index in [4.69, 9.17) is 0 Å². The standard InChI is InChI=1S/C13H7BrF3NO3/c14-8-5-6-12(21-13(15,16)17)10(7-8)9-3-1-2-4-11(9)18(19)20/h1-7H. The van der Waals surface area contributed by atoms with Crippen LogP contribution in [-0.2, 0) is 0 Å². The molecule has 0 saturated carbocycles. The molecule has 0 atom stereocenters. The Labute approximate surface area is 125 Å². The first-order chi connectivity index (χ1) is 9.78. The van der Waals surface area contributed by atoms with Gasteiger partial charge in [0.2, 0.25) is 0 Å². The Bertz CT molecular complexity index is 689. The molecular weight excluding hydrogens is 355 g/mol. The summed E-state index contributed by atoms with van der Waals surface area (Å²) in [7, 11) is 0. The van der Waals surface area contributed by atoms with Gasteiger partial charge in [-0.1, -0.05) is 28.1 Å². The van der Waals surface area contributed by atoms with Crippen molar-refractivity contribution in [3.8, 4) is 16.9 Å². The van der Waals surface area contributed by atoms with Gasteiger partial charge in [0.1, 0.15) is 5.75 Å². The first-order valence-corrected chi connectivity index (χ1v) is 6.36. The topological polar surface area (TPSA) is 52.4 Å². The van der Waals surface area contributed by atoms with Crippen LogP contribution in [0.4, 0.5) is 18.9 Å². The summed E-state index contributed by atoms with van der Waals surface area (Å²) in [6.45, 7) is 0. The Morgan fingerprint density at radius 1 is 1.10 bits per heavy atom. The van der Waals surface area contributed by atoms with Gasteiger partial charge < -0.3 is 4.74 Å². The van der Waals surface area contributed by atoms with Crippen LogP contribution in [0.2, 0.25) is 0 Å². The van der Waals surface area contributed by atoms with Gasteiger partial charge in [0.25, 0.3) is 5.69 Å². The fourth-order valence-electron chi connectivity index (χ4n) is 1.79. The predicted molar refractivity (Wildman–Crippen MR) is 72.9 cm³/mol. The van der Waals surface area contributed by atoms with E-state index in [2.05, 4.69) is 20.7 Å². The molecule has 0 unspecified atom stereocenters. The molecule has 0 radical (unpaired) electrons. The highest BCUT2D eigenvalue weighted by Gasteiger charge is 2.33. The summed E-state index contributed by atoms with van der Waals surface area (Å²) >= 11 is 3.13. The molecule has 2 aromatic rings. The van der Waals surface area contributed by atoms with Crippen LogP contribution in [0.5, 0.6) is 5.75 Å². The van der Waals surface area contributed by atoms with Crippen molar-refractivity contribution in [3.63, 3.8) is 0 Å². The molecule has 110 valence electrons. The quantitative estimate of drug-likeness (QED) is 0.575. The lowest BCUT2D eigenvalue weighted by molar-refractivity contribution is -0.384. The summed E-state index contributed by atoms with van der Waals surface area (Å²) in [5, 5.41) is 11.0. The zero-order valence-corrected chi connectivity index (χ0v) is 11.8. The number of para-hydroxylation sites is 1. The number of hydrogen-bond donors (Lipinski definition) is 0. The Morgan fingerprint density at radius 3 is 2.38 bits per heavy atom. The van der Waals surface area contributed by atoms with Crippen molar-refractivity contribution >= 4 is 21.6 Å². The second-order valence-electron chi connectivity index (χ2n) is 3.96. The third-order valence-electron chi connectivity index (χ3n) is 2.56. The number of nitro benzene ring substituents is 1. The minimum atomic E-state index is -4.88. The monoisotopic (exact) mass is 361 g/mol. The van der Waals surface area contributed by atoms with Crippen LogP contribution in [-0.4, -0.2) is 11.3 Å². The molecule has 8 heteroatoms. The summed E-state index contributed by atoms with van der Waals surface area (Å²) in [5.41, 5.74) is -0.278. The van der Waals surface area contributed by atoms with Crippen molar-refractivity contribution in [1.82, 2.24) is 0 Å². The summed E-state index contributed by atoms with van der Waals surface area (Å²) in [6.07, 6.45) is -4.88. The molecule has 0 aliphatic rings. The number of rotatable bonds is 3. The van der Waals surface area contributed by atoms with E-state index in [-0.39, 0.29) is 16.8 Å². The van der Waals surface area contributed by atoms with Gasteiger partial charge >= 0.3 is 6.36 Å². The number of hydrogen-bond acceptors (Lipinski definition) is 3. The second-order valence-corrected chi connectivity index (χ2v) is 4.88. The maximum Gasteiger partial charge on any atom is 0.573 e. The highest BCUT2D eigenvalue weighted by molar-refractivity contribution is 9.10. The van der Waals surface area contributed by atoms with Gasteiger partial charge in [0.15, 0.2) is 0 Å². The molecule has 0 heterocycles. The van der Waals surface area contributed by atoms with E-state index in [9.17, 15) is 23.3 Å². The van der Waals surface area contributed by atoms with Crippen LogP contribution in [0.1, 0.15) is 0 Å². The molecule has 0 aromatic heterocycles. The zero-order chi connectivity index (χ0) is 15.6. The lowest BCUT2D eigenvalue weighted by Gasteiger charge is -2.14. The summed E-state index contributed by atoms with van der Waals surface area (Å²) in [5.74, 6) is -0.500. The van der Waals surface area contributed by atoms with Crippen LogP contribution in [0.25, 0.3) is 11.1 Å². The van der Waals surface area contributed by atoms with Gasteiger partial charge in [0, 0.05) is 16.1 Å². The number of nitro groups is 1. The molecule has 0 aliphatic carbocycles. The van der Waals surface area contributed by atoms with Gasteiger partial charge in [-0.25, -0.2) is 0 Å². The Hall–Kier alpha value is -2.09. The predicted octanol–water partition coefficient (Wildman–Crippen LogP) is 4.92. The van der Waals surface area contributed by atoms with E-state index in [0.717, 1.165) is 6.07 Å². The summed E-state index contributed by atoms with van der Waals surface area (Å²) < 4.78 is 41.7. The van der Waals surface area contributed by atoms with Crippen LogP contribution in [0.15, 0.2) is 46.9 Å². The molecule has 0 fully saturated rings. The van der Waals surface area contributed by atoms with E-state index in [1.165, 1.54) is 36.4 Å². The Balaban J connectivity index is 2.63. The smallest absolute Gasteiger partial charge is 0.405 e. The first-order valence-electron chi connectivity index (χ1n) is 5.57. The van der Waals surface area contributed by atoms with E-state index in [0.29, 0.717) is 4.47 Å². The number of benzene rings is 2. The Morgan fingerprint density at radius 2 is 1.76 bits per heavy atom. The van der Waals surface area contributed by atoms with Crippen molar-refractivity contribution in [2.45, 2.75) is 6.36 Å². The third kappa shape index (κ3) is 3.72. The van der Waals surface area contributed by atoms with Crippen LogP contribution in [0.3, 0.4) is 0 Å². The number of nitrogens with zero attached hydrogens (tertiary/aromatic N) is 1. The van der Waals surface area contributed by atoms with Gasteiger partial charge in [-0.15, -0.1) is 13.2 Å². The number of ether oxygens (including phenoxy) is 1. The largest absolute Gasteiger partial charge is 0.573 e. The lowest BCUT2D eigenvalue weighted by atomic mass is 10.0. The van der Waals surface area contributed by atoms with E-state index < -0.39 is 17.0 Å². The highest BCUT2D eigenvalue weighted by atomic mass is 79.9. The molecule has 2 aromatic carbocycles. The average Bonchev–Trinajstić information content (AvgIpc) is 2.39. The molecular formula is C13H7BrF3NO3. The minimum Gasteiger partial charge on any atom is -0.405 e. The van der Waals surface area contributed by atoms with Crippen molar-refractivity contribution in [3.05, 3.63) is 57.1 Å². The minimum absolute atomic E-state index is 0.0194. The highest BCUT2D eigenvalue weighted by Crippen LogP contribution is 2.39. The number of halogens is 4. The molecule has 0 N–H and O–H groups in total. The van der Waals surface area contributed by atoms with Crippen molar-refractivity contribution in [2.75, 3.05) is 0 Å². The van der Waals surface area contributed by atoms with Crippen molar-refractivity contribution < 1.29 is 22.8 Å². The third-order valence-corrected chi connectivity index (χ3v) is 3.05. The van der Waals surface area contributed by atoms with Gasteiger partial charge in [-0.05, 0) is 24.3 Å². The number of alkyl halides is 3. The molecule has 0 aliphatic heterocycles. The normalized spacial score (nSPS) is 11.2. The molecule has 0 spiro atoms. The van der Waals surface area contributed by atoms with Gasteiger partial charge in [-0.2, -0.15) is 0 Å². The maximum atomic E-state index is 12.4. The maximum absolute atomic E-state index is 12.4. The fraction of sp³-hybridized carbons (Fsp3) is 0.0769. The molecule has 2 rings (SSSR count). The van der Waals surface area contributed by atoms with Crippen LogP contribution in [0, 0.1) is 10.1 Å². The molecule has 21 heavy (non-hydrogen) atoms. The zero-order valence-electron chi connectivity index (χ0n) is 10.2. The Kier molecular flexibility index (Phi) is 4.17. The SMILES string of the molecule is O=[N+]([O-])c1ccccc1-c1cc(Br)ccc1OC(F)(F)F. The van der Waals surface area contributed by atoms with Gasteiger partial charge in [-0.3, -0.25) is 10.1 Å². The van der Waals surface area contributed by atoms with Crippen molar-refractivity contribution in [2.24, 2.45) is 0 Å². The van der Waals surface area contributed by atoms with Crippen molar-refractivity contribution in [1.29, 1.82) is 0 Å². The van der Waals surface area contributed by atoms with Gasteiger partial charge in [0.05, 0.1) is 10.5 Å². The molecule has 0 saturated heterocycles. The average molecular weight is 362 g/mol. The summed E-state index contributed by atoms with van der Waals surface area (Å²) in [6, 6.07) is 9.31. The molecule has 0 amide bonds. The molecule has 0 bridgehead atoms.